The highest BCUT2D eigenvalue weighted by Crippen LogP contribution is 2.29. The molecule has 2 N–H and O–H groups in total. The molecule has 1 saturated carbocycles. The Balaban J connectivity index is 1.66. The van der Waals surface area contributed by atoms with Gasteiger partial charge in [0.05, 0.1) is 17.2 Å². The van der Waals surface area contributed by atoms with Gasteiger partial charge in [-0.2, -0.15) is 0 Å². The van der Waals surface area contributed by atoms with E-state index < -0.39 is 5.54 Å². The Morgan fingerprint density at radius 3 is 2.68 bits per heavy atom. The summed E-state index contributed by atoms with van der Waals surface area (Å²) in [6.07, 6.45) is 4.53. The molecule has 0 bridgehead atoms. The number of aliphatic hydroxyl groups excluding tert-OH is 1. The lowest BCUT2D eigenvalue weighted by atomic mass is 9.99. The second-order valence-corrected chi connectivity index (χ2v) is 6.83. The standard InChI is InChI=1S/C17H20N2O2S/c20-12-17(8-4-5-9-17)19-16(21)14-11-22-15(18-14)10-13-6-2-1-3-7-13/h1-3,6-7,11,20H,4-5,8-10,12H2,(H,19,21). The normalized spacial score (nSPS) is 16.6. The van der Waals surface area contributed by atoms with Gasteiger partial charge in [0.25, 0.3) is 5.91 Å². The van der Waals surface area contributed by atoms with Crippen LogP contribution in [0.5, 0.6) is 0 Å². The molecule has 0 atom stereocenters. The van der Waals surface area contributed by atoms with E-state index in [1.807, 2.05) is 18.2 Å². The fourth-order valence-electron chi connectivity index (χ4n) is 2.95. The third kappa shape index (κ3) is 3.36. The van der Waals surface area contributed by atoms with Crippen LogP contribution in [0.4, 0.5) is 0 Å². The van der Waals surface area contributed by atoms with Crippen molar-refractivity contribution < 1.29 is 9.90 Å². The minimum atomic E-state index is -0.444. The van der Waals surface area contributed by atoms with E-state index in [1.54, 1.807) is 5.38 Å². The monoisotopic (exact) mass is 316 g/mol. The highest BCUT2D eigenvalue weighted by atomic mass is 32.1. The molecule has 1 amide bonds. The van der Waals surface area contributed by atoms with Gasteiger partial charge in [-0.05, 0) is 18.4 Å². The largest absolute Gasteiger partial charge is 0.394 e. The number of rotatable bonds is 5. The molecular formula is C17H20N2O2S. The van der Waals surface area contributed by atoms with Crippen LogP contribution in [0.25, 0.3) is 0 Å². The van der Waals surface area contributed by atoms with Crippen molar-refractivity contribution in [3.63, 3.8) is 0 Å². The Hall–Kier alpha value is -1.72. The fraction of sp³-hybridized carbons (Fsp3) is 0.412. The molecule has 2 aromatic rings. The average molecular weight is 316 g/mol. The number of hydrogen-bond acceptors (Lipinski definition) is 4. The molecule has 116 valence electrons. The van der Waals surface area contributed by atoms with Crippen molar-refractivity contribution in [2.45, 2.75) is 37.6 Å². The molecule has 5 heteroatoms. The zero-order valence-corrected chi connectivity index (χ0v) is 13.2. The molecule has 1 aromatic heterocycles. The lowest BCUT2D eigenvalue weighted by molar-refractivity contribution is 0.0834. The van der Waals surface area contributed by atoms with E-state index in [9.17, 15) is 9.90 Å². The number of hydrogen-bond donors (Lipinski definition) is 2. The number of aliphatic hydroxyl groups is 1. The smallest absolute Gasteiger partial charge is 0.271 e. The molecule has 0 spiro atoms. The molecular weight excluding hydrogens is 296 g/mol. The molecule has 4 nitrogen and oxygen atoms in total. The van der Waals surface area contributed by atoms with Gasteiger partial charge in [-0.3, -0.25) is 4.79 Å². The van der Waals surface area contributed by atoms with Crippen LogP contribution in [0.3, 0.4) is 0 Å². The lowest BCUT2D eigenvalue weighted by Crippen LogP contribution is -2.49. The highest BCUT2D eigenvalue weighted by molar-refractivity contribution is 7.09. The van der Waals surface area contributed by atoms with Gasteiger partial charge in [0, 0.05) is 11.8 Å². The van der Waals surface area contributed by atoms with Gasteiger partial charge in [0.2, 0.25) is 0 Å². The molecule has 0 radical (unpaired) electrons. The molecule has 0 aliphatic heterocycles. The van der Waals surface area contributed by atoms with Crippen molar-refractivity contribution in [3.05, 3.63) is 52.0 Å². The number of thiazole rings is 1. The molecule has 1 aromatic carbocycles. The predicted molar refractivity (Wildman–Crippen MR) is 87.1 cm³/mol. The lowest BCUT2D eigenvalue weighted by Gasteiger charge is -2.27. The van der Waals surface area contributed by atoms with Gasteiger partial charge in [-0.1, -0.05) is 43.2 Å². The number of aromatic nitrogens is 1. The minimum Gasteiger partial charge on any atom is -0.394 e. The summed E-state index contributed by atoms with van der Waals surface area (Å²) in [6, 6.07) is 10.1. The number of benzene rings is 1. The van der Waals surface area contributed by atoms with Crippen LogP contribution >= 0.6 is 11.3 Å². The Kier molecular flexibility index (Phi) is 4.55. The van der Waals surface area contributed by atoms with Crippen molar-refractivity contribution >= 4 is 17.2 Å². The molecule has 0 saturated heterocycles. The van der Waals surface area contributed by atoms with Crippen molar-refractivity contribution in [1.82, 2.24) is 10.3 Å². The SMILES string of the molecule is O=C(NC1(CO)CCCC1)c1csc(Cc2ccccc2)n1. The number of carbonyl (C=O) groups excluding carboxylic acids is 1. The summed E-state index contributed by atoms with van der Waals surface area (Å²) in [5, 5.41) is 15.3. The third-order valence-electron chi connectivity index (χ3n) is 4.22. The first-order chi connectivity index (χ1) is 10.7. The van der Waals surface area contributed by atoms with Gasteiger partial charge in [0.1, 0.15) is 5.69 Å². The summed E-state index contributed by atoms with van der Waals surface area (Å²) in [6.45, 7) is -0.000248. The first kappa shape index (κ1) is 15.2. The van der Waals surface area contributed by atoms with E-state index in [4.69, 9.17) is 0 Å². The zero-order chi connectivity index (χ0) is 15.4. The first-order valence-electron chi connectivity index (χ1n) is 7.62. The molecule has 1 heterocycles. The van der Waals surface area contributed by atoms with Crippen LogP contribution in [0, 0.1) is 0 Å². The van der Waals surface area contributed by atoms with Gasteiger partial charge in [-0.15, -0.1) is 11.3 Å². The molecule has 22 heavy (non-hydrogen) atoms. The second-order valence-electron chi connectivity index (χ2n) is 5.89. The van der Waals surface area contributed by atoms with Gasteiger partial charge in [0.15, 0.2) is 0 Å². The number of amides is 1. The van der Waals surface area contributed by atoms with E-state index >= 15 is 0 Å². The van der Waals surface area contributed by atoms with Crippen LogP contribution in [-0.2, 0) is 6.42 Å². The maximum Gasteiger partial charge on any atom is 0.271 e. The number of carbonyl (C=O) groups is 1. The first-order valence-corrected chi connectivity index (χ1v) is 8.50. The average Bonchev–Trinajstić information content (AvgIpc) is 3.18. The van der Waals surface area contributed by atoms with Gasteiger partial charge in [-0.25, -0.2) is 4.98 Å². The van der Waals surface area contributed by atoms with E-state index in [-0.39, 0.29) is 12.5 Å². The van der Waals surface area contributed by atoms with Crippen LogP contribution in [0.2, 0.25) is 0 Å². The van der Waals surface area contributed by atoms with Crippen molar-refractivity contribution in [1.29, 1.82) is 0 Å². The topological polar surface area (TPSA) is 62.2 Å². The van der Waals surface area contributed by atoms with E-state index in [1.165, 1.54) is 16.9 Å². The zero-order valence-electron chi connectivity index (χ0n) is 12.4. The van der Waals surface area contributed by atoms with Crippen molar-refractivity contribution in [2.24, 2.45) is 0 Å². The second kappa shape index (κ2) is 6.58. The summed E-state index contributed by atoms with van der Waals surface area (Å²) in [4.78, 5) is 16.8. The summed E-state index contributed by atoms with van der Waals surface area (Å²) in [5.41, 5.74) is 1.20. The molecule has 1 aliphatic rings. The quantitative estimate of drug-likeness (QED) is 0.891. The van der Waals surface area contributed by atoms with Crippen molar-refractivity contribution in [3.8, 4) is 0 Å². The Morgan fingerprint density at radius 2 is 2.00 bits per heavy atom. The molecule has 3 rings (SSSR count). The summed E-state index contributed by atoms with van der Waals surface area (Å²) in [5.74, 6) is -0.175. The molecule has 1 fully saturated rings. The van der Waals surface area contributed by atoms with Crippen LogP contribution < -0.4 is 5.32 Å². The summed E-state index contributed by atoms with van der Waals surface area (Å²) in [7, 11) is 0. The Labute approximate surface area is 134 Å². The van der Waals surface area contributed by atoms with Gasteiger partial charge < -0.3 is 10.4 Å². The maximum absolute atomic E-state index is 12.4. The number of nitrogens with one attached hydrogen (secondary N) is 1. The van der Waals surface area contributed by atoms with Crippen LogP contribution in [0.1, 0.15) is 46.7 Å². The summed E-state index contributed by atoms with van der Waals surface area (Å²) < 4.78 is 0. The predicted octanol–water partition coefficient (Wildman–Crippen LogP) is 2.77. The molecule has 0 unspecified atom stereocenters. The minimum absolute atomic E-state index is 0.000248. The number of nitrogens with zero attached hydrogens (tertiary/aromatic N) is 1. The van der Waals surface area contributed by atoms with Gasteiger partial charge >= 0.3 is 0 Å². The Morgan fingerprint density at radius 1 is 1.27 bits per heavy atom. The van der Waals surface area contributed by atoms with E-state index in [0.29, 0.717) is 5.69 Å². The third-order valence-corrected chi connectivity index (χ3v) is 5.07. The van der Waals surface area contributed by atoms with Crippen molar-refractivity contribution in [2.75, 3.05) is 6.61 Å². The highest BCUT2D eigenvalue weighted by Gasteiger charge is 2.35. The fourth-order valence-corrected chi connectivity index (χ4v) is 3.75. The summed E-state index contributed by atoms with van der Waals surface area (Å²) >= 11 is 1.50. The van der Waals surface area contributed by atoms with E-state index in [0.717, 1.165) is 37.1 Å². The van der Waals surface area contributed by atoms with Crippen LogP contribution in [-0.4, -0.2) is 28.1 Å². The Bertz CT molecular complexity index is 633. The van der Waals surface area contributed by atoms with Crippen LogP contribution in [0.15, 0.2) is 35.7 Å². The molecule has 1 aliphatic carbocycles. The van der Waals surface area contributed by atoms with E-state index in [2.05, 4.69) is 22.4 Å². The maximum atomic E-state index is 12.4.